The fourth-order valence-electron chi connectivity index (χ4n) is 1.20. The molecule has 2 rings (SSSR count). The molecule has 0 amide bonds. The summed E-state index contributed by atoms with van der Waals surface area (Å²) in [5.41, 5.74) is 0.815. The standard InChI is InChI=1S/C9H11NO/c11-9(7-4-5-7)8-3-1-2-6-10-8/h1-3,6-7,9,11H,4-5H2. The van der Waals surface area contributed by atoms with Crippen molar-refractivity contribution in [3.05, 3.63) is 30.1 Å². The normalized spacial score (nSPS) is 19.7. The first kappa shape index (κ1) is 6.80. The highest BCUT2D eigenvalue weighted by atomic mass is 16.3. The first-order chi connectivity index (χ1) is 5.38. The third-order valence-electron chi connectivity index (χ3n) is 2.06. The molecular formula is C9H11NO. The van der Waals surface area contributed by atoms with E-state index in [4.69, 9.17) is 0 Å². The van der Waals surface area contributed by atoms with Crippen molar-refractivity contribution in [2.24, 2.45) is 5.92 Å². The molecule has 1 heterocycles. The Labute approximate surface area is 65.9 Å². The summed E-state index contributed by atoms with van der Waals surface area (Å²) >= 11 is 0. The predicted octanol–water partition coefficient (Wildman–Crippen LogP) is 1.52. The summed E-state index contributed by atoms with van der Waals surface area (Å²) in [5.74, 6) is 0.477. The second-order valence-electron chi connectivity index (χ2n) is 3.04. The van der Waals surface area contributed by atoms with Gasteiger partial charge in [-0.05, 0) is 30.9 Å². The number of aromatic nitrogens is 1. The predicted molar refractivity (Wildman–Crippen MR) is 41.9 cm³/mol. The largest absolute Gasteiger partial charge is 0.387 e. The van der Waals surface area contributed by atoms with E-state index in [0.29, 0.717) is 5.92 Å². The number of aliphatic hydroxyl groups excluding tert-OH is 1. The van der Waals surface area contributed by atoms with E-state index in [1.165, 1.54) is 0 Å². The lowest BCUT2D eigenvalue weighted by atomic mass is 10.1. The number of hydrogen-bond donors (Lipinski definition) is 1. The summed E-state index contributed by atoms with van der Waals surface area (Å²) in [5, 5.41) is 9.60. The number of rotatable bonds is 2. The van der Waals surface area contributed by atoms with Crippen LogP contribution in [0.15, 0.2) is 24.4 Å². The molecule has 0 bridgehead atoms. The van der Waals surface area contributed by atoms with Crippen LogP contribution in [0.25, 0.3) is 0 Å². The van der Waals surface area contributed by atoms with E-state index >= 15 is 0 Å². The molecule has 1 aliphatic carbocycles. The maximum absolute atomic E-state index is 9.60. The lowest BCUT2D eigenvalue weighted by molar-refractivity contribution is 0.149. The third kappa shape index (κ3) is 1.40. The summed E-state index contributed by atoms with van der Waals surface area (Å²) in [4.78, 5) is 4.09. The second kappa shape index (κ2) is 2.62. The Balaban J connectivity index is 2.15. The number of pyridine rings is 1. The van der Waals surface area contributed by atoms with Crippen molar-refractivity contribution in [2.45, 2.75) is 18.9 Å². The average Bonchev–Trinajstić information content (AvgIpc) is 2.87. The molecule has 58 valence electrons. The molecule has 1 N–H and O–H groups in total. The van der Waals surface area contributed by atoms with Crippen LogP contribution in [0.2, 0.25) is 0 Å². The number of nitrogens with zero attached hydrogens (tertiary/aromatic N) is 1. The quantitative estimate of drug-likeness (QED) is 0.691. The first-order valence-corrected chi connectivity index (χ1v) is 3.97. The van der Waals surface area contributed by atoms with Gasteiger partial charge in [-0.25, -0.2) is 0 Å². The molecule has 0 radical (unpaired) electrons. The molecule has 11 heavy (non-hydrogen) atoms. The van der Waals surface area contributed by atoms with Gasteiger partial charge < -0.3 is 5.11 Å². The molecular weight excluding hydrogens is 138 g/mol. The fraction of sp³-hybridized carbons (Fsp3) is 0.444. The van der Waals surface area contributed by atoms with Gasteiger partial charge in [0.15, 0.2) is 0 Å². The van der Waals surface area contributed by atoms with Gasteiger partial charge in [-0.2, -0.15) is 0 Å². The van der Waals surface area contributed by atoms with Crippen LogP contribution >= 0.6 is 0 Å². The molecule has 1 saturated carbocycles. The molecule has 2 nitrogen and oxygen atoms in total. The maximum atomic E-state index is 9.60. The van der Waals surface area contributed by atoms with Gasteiger partial charge >= 0.3 is 0 Å². The summed E-state index contributed by atoms with van der Waals surface area (Å²) in [6, 6.07) is 5.65. The topological polar surface area (TPSA) is 33.1 Å². The van der Waals surface area contributed by atoms with E-state index in [9.17, 15) is 5.11 Å². The van der Waals surface area contributed by atoms with E-state index in [1.807, 2.05) is 18.2 Å². The van der Waals surface area contributed by atoms with Gasteiger partial charge in [0.1, 0.15) is 0 Å². The van der Waals surface area contributed by atoms with Gasteiger partial charge in [-0.1, -0.05) is 6.07 Å². The van der Waals surface area contributed by atoms with Gasteiger partial charge in [0.25, 0.3) is 0 Å². The summed E-state index contributed by atoms with van der Waals surface area (Å²) in [6.07, 6.45) is 3.70. The van der Waals surface area contributed by atoms with Crippen LogP contribution in [-0.2, 0) is 0 Å². The van der Waals surface area contributed by atoms with Crippen molar-refractivity contribution in [3.63, 3.8) is 0 Å². The Morgan fingerprint density at radius 3 is 2.82 bits per heavy atom. The Hall–Kier alpha value is -0.890. The van der Waals surface area contributed by atoms with E-state index < -0.39 is 0 Å². The van der Waals surface area contributed by atoms with Crippen LogP contribution in [0.3, 0.4) is 0 Å². The van der Waals surface area contributed by atoms with Crippen LogP contribution in [-0.4, -0.2) is 10.1 Å². The third-order valence-corrected chi connectivity index (χ3v) is 2.06. The molecule has 1 aliphatic rings. The Kier molecular flexibility index (Phi) is 1.62. The van der Waals surface area contributed by atoms with Gasteiger partial charge in [0.2, 0.25) is 0 Å². The fourth-order valence-corrected chi connectivity index (χ4v) is 1.20. The Morgan fingerprint density at radius 2 is 2.27 bits per heavy atom. The van der Waals surface area contributed by atoms with Crippen molar-refractivity contribution < 1.29 is 5.11 Å². The number of hydrogen-bond acceptors (Lipinski definition) is 2. The van der Waals surface area contributed by atoms with Crippen LogP contribution in [0.5, 0.6) is 0 Å². The first-order valence-electron chi connectivity index (χ1n) is 3.97. The summed E-state index contributed by atoms with van der Waals surface area (Å²) in [7, 11) is 0. The molecule has 1 unspecified atom stereocenters. The highest BCUT2D eigenvalue weighted by Crippen LogP contribution is 2.39. The minimum atomic E-state index is -0.323. The minimum absolute atomic E-state index is 0.323. The monoisotopic (exact) mass is 149 g/mol. The molecule has 1 aromatic rings. The molecule has 1 aromatic heterocycles. The van der Waals surface area contributed by atoms with Crippen molar-refractivity contribution in [1.82, 2.24) is 4.98 Å². The van der Waals surface area contributed by atoms with Gasteiger partial charge in [-0.15, -0.1) is 0 Å². The zero-order valence-electron chi connectivity index (χ0n) is 6.27. The zero-order chi connectivity index (χ0) is 7.68. The molecule has 0 spiro atoms. The highest BCUT2D eigenvalue weighted by Gasteiger charge is 2.31. The lowest BCUT2D eigenvalue weighted by Gasteiger charge is -2.06. The lowest BCUT2D eigenvalue weighted by Crippen LogP contribution is -2.01. The SMILES string of the molecule is OC(c1ccccn1)C1CC1. The minimum Gasteiger partial charge on any atom is -0.387 e. The Morgan fingerprint density at radius 1 is 1.45 bits per heavy atom. The van der Waals surface area contributed by atoms with E-state index in [2.05, 4.69) is 4.98 Å². The van der Waals surface area contributed by atoms with Gasteiger partial charge in [0, 0.05) is 6.20 Å². The average molecular weight is 149 g/mol. The molecule has 1 fully saturated rings. The van der Waals surface area contributed by atoms with Crippen LogP contribution in [0, 0.1) is 5.92 Å². The van der Waals surface area contributed by atoms with E-state index in [1.54, 1.807) is 6.20 Å². The van der Waals surface area contributed by atoms with Crippen LogP contribution in [0.4, 0.5) is 0 Å². The van der Waals surface area contributed by atoms with E-state index in [-0.39, 0.29) is 6.10 Å². The molecule has 1 atom stereocenters. The van der Waals surface area contributed by atoms with Crippen molar-refractivity contribution in [3.8, 4) is 0 Å². The van der Waals surface area contributed by atoms with Crippen molar-refractivity contribution in [2.75, 3.05) is 0 Å². The van der Waals surface area contributed by atoms with Gasteiger partial charge in [-0.3, -0.25) is 4.98 Å². The number of aliphatic hydroxyl groups is 1. The zero-order valence-corrected chi connectivity index (χ0v) is 6.27. The highest BCUT2D eigenvalue weighted by molar-refractivity contribution is 5.09. The van der Waals surface area contributed by atoms with Crippen LogP contribution in [0.1, 0.15) is 24.6 Å². The van der Waals surface area contributed by atoms with Gasteiger partial charge in [0.05, 0.1) is 11.8 Å². The van der Waals surface area contributed by atoms with E-state index in [0.717, 1.165) is 18.5 Å². The second-order valence-corrected chi connectivity index (χ2v) is 3.04. The van der Waals surface area contributed by atoms with Crippen LogP contribution < -0.4 is 0 Å². The molecule has 0 aliphatic heterocycles. The molecule has 0 aromatic carbocycles. The molecule has 0 saturated heterocycles. The molecule has 2 heteroatoms. The Bertz CT molecular complexity index is 231. The van der Waals surface area contributed by atoms with Crippen molar-refractivity contribution >= 4 is 0 Å². The van der Waals surface area contributed by atoms with Crippen molar-refractivity contribution in [1.29, 1.82) is 0 Å². The maximum Gasteiger partial charge on any atom is 0.0987 e. The summed E-state index contributed by atoms with van der Waals surface area (Å²) in [6.45, 7) is 0. The smallest absolute Gasteiger partial charge is 0.0987 e. The summed E-state index contributed by atoms with van der Waals surface area (Å²) < 4.78 is 0.